The van der Waals surface area contributed by atoms with Crippen LogP contribution in [0.4, 0.5) is 0 Å². The SMILES string of the molecule is O=C(c1c(-c2ccccc2)n(C2CCCCC2)c(=O)n1Cc1cccc(Oc2ccccc2)c1)N1CCNCC1. The van der Waals surface area contributed by atoms with E-state index < -0.39 is 0 Å². The first kappa shape index (κ1) is 26.1. The highest BCUT2D eigenvalue weighted by Crippen LogP contribution is 2.34. The van der Waals surface area contributed by atoms with E-state index in [1.54, 1.807) is 4.57 Å². The van der Waals surface area contributed by atoms with Gasteiger partial charge >= 0.3 is 5.69 Å². The molecule has 2 aliphatic rings. The van der Waals surface area contributed by atoms with Gasteiger partial charge in [0, 0.05) is 37.8 Å². The number of hydrogen-bond donors (Lipinski definition) is 1. The summed E-state index contributed by atoms with van der Waals surface area (Å²) in [6.07, 6.45) is 5.27. The molecule has 206 valence electrons. The van der Waals surface area contributed by atoms with E-state index in [4.69, 9.17) is 4.74 Å². The van der Waals surface area contributed by atoms with Crippen molar-refractivity contribution in [1.82, 2.24) is 19.4 Å². The summed E-state index contributed by atoms with van der Waals surface area (Å²) in [7, 11) is 0. The number of hydrogen-bond acceptors (Lipinski definition) is 4. The summed E-state index contributed by atoms with van der Waals surface area (Å²) in [5.74, 6) is 1.37. The van der Waals surface area contributed by atoms with E-state index in [1.807, 2.05) is 94.4 Å². The highest BCUT2D eigenvalue weighted by Gasteiger charge is 2.33. The molecular weight excluding hydrogens is 500 g/mol. The maximum Gasteiger partial charge on any atom is 0.329 e. The largest absolute Gasteiger partial charge is 0.457 e. The number of carbonyl (C=O) groups excluding carboxylic acids is 1. The van der Waals surface area contributed by atoms with E-state index in [-0.39, 0.29) is 24.2 Å². The Kier molecular flexibility index (Phi) is 7.82. The predicted octanol–water partition coefficient (Wildman–Crippen LogP) is 5.71. The zero-order chi connectivity index (χ0) is 27.3. The van der Waals surface area contributed by atoms with Crippen LogP contribution in [0.3, 0.4) is 0 Å². The van der Waals surface area contributed by atoms with Crippen LogP contribution in [0.15, 0.2) is 89.7 Å². The van der Waals surface area contributed by atoms with Crippen LogP contribution in [0, 0.1) is 0 Å². The maximum atomic E-state index is 14.4. The van der Waals surface area contributed by atoms with Gasteiger partial charge in [0.25, 0.3) is 5.91 Å². The third kappa shape index (κ3) is 5.47. The molecule has 0 radical (unpaired) electrons. The molecule has 1 amide bonds. The van der Waals surface area contributed by atoms with E-state index >= 15 is 0 Å². The van der Waals surface area contributed by atoms with Gasteiger partial charge in [-0.25, -0.2) is 4.79 Å². The van der Waals surface area contributed by atoms with E-state index in [1.165, 1.54) is 6.42 Å². The number of benzene rings is 3. The van der Waals surface area contributed by atoms with Crippen molar-refractivity contribution in [2.45, 2.75) is 44.7 Å². The number of piperazine rings is 1. The van der Waals surface area contributed by atoms with Gasteiger partial charge in [0.05, 0.1) is 12.2 Å². The predicted molar refractivity (Wildman–Crippen MR) is 157 cm³/mol. The number of amides is 1. The third-order valence-corrected chi connectivity index (χ3v) is 7.98. The minimum atomic E-state index is -0.112. The Hall–Kier alpha value is -4.10. The molecule has 40 heavy (non-hydrogen) atoms. The van der Waals surface area contributed by atoms with Crippen molar-refractivity contribution in [1.29, 1.82) is 0 Å². The number of nitrogens with one attached hydrogen (secondary N) is 1. The molecule has 1 aromatic heterocycles. The van der Waals surface area contributed by atoms with Gasteiger partial charge in [-0.1, -0.05) is 79.9 Å². The molecule has 1 aliphatic carbocycles. The van der Waals surface area contributed by atoms with Gasteiger partial charge in [0.15, 0.2) is 0 Å². The molecule has 7 nitrogen and oxygen atoms in total. The fourth-order valence-corrected chi connectivity index (χ4v) is 6.01. The lowest BCUT2D eigenvalue weighted by Crippen LogP contribution is -2.47. The molecule has 1 N–H and O–H groups in total. The molecule has 7 heteroatoms. The van der Waals surface area contributed by atoms with Gasteiger partial charge in [-0.3, -0.25) is 13.9 Å². The van der Waals surface area contributed by atoms with Crippen molar-refractivity contribution >= 4 is 5.91 Å². The summed E-state index contributed by atoms with van der Waals surface area (Å²) in [5.41, 5.74) is 2.93. The number of para-hydroxylation sites is 1. The average molecular weight is 537 g/mol. The maximum absolute atomic E-state index is 14.4. The monoisotopic (exact) mass is 536 g/mol. The molecular formula is C33H36N4O3. The number of aromatic nitrogens is 2. The summed E-state index contributed by atoms with van der Waals surface area (Å²) in [6.45, 7) is 3.03. The summed E-state index contributed by atoms with van der Waals surface area (Å²) in [5, 5.41) is 3.33. The Labute approximate surface area is 235 Å². The lowest BCUT2D eigenvalue weighted by molar-refractivity contribution is 0.0725. The van der Waals surface area contributed by atoms with Crippen molar-refractivity contribution < 1.29 is 9.53 Å². The topological polar surface area (TPSA) is 68.5 Å². The molecule has 0 bridgehead atoms. The standard InChI is InChI=1S/C33H36N4O3/c38-32(35-21-19-34-20-22-35)31-30(26-12-4-1-5-13-26)37(27-14-6-2-7-15-27)33(39)36(31)24-25-11-10-18-29(23-25)40-28-16-8-3-9-17-28/h1,3-5,8-13,16-18,23,27,34H,2,6-7,14-15,19-22,24H2. The van der Waals surface area contributed by atoms with E-state index in [0.717, 1.165) is 61.3 Å². The quantitative estimate of drug-likeness (QED) is 0.329. The van der Waals surface area contributed by atoms with Gasteiger partial charge in [0.2, 0.25) is 0 Å². The Morgan fingerprint density at radius 3 is 2.23 bits per heavy atom. The zero-order valence-electron chi connectivity index (χ0n) is 22.8. The van der Waals surface area contributed by atoms with Gasteiger partial charge < -0.3 is 15.0 Å². The molecule has 4 aromatic rings. The summed E-state index contributed by atoms with van der Waals surface area (Å²) in [4.78, 5) is 30.5. The molecule has 1 saturated heterocycles. The van der Waals surface area contributed by atoms with Crippen LogP contribution < -0.4 is 15.7 Å². The van der Waals surface area contributed by atoms with Crippen molar-refractivity contribution in [3.8, 4) is 22.8 Å². The number of carbonyl (C=O) groups is 1. The Morgan fingerprint density at radius 2 is 1.50 bits per heavy atom. The average Bonchev–Trinajstić information content (AvgIpc) is 3.30. The molecule has 0 unspecified atom stereocenters. The van der Waals surface area contributed by atoms with Gasteiger partial charge in [0.1, 0.15) is 17.2 Å². The molecule has 2 heterocycles. The van der Waals surface area contributed by atoms with Gasteiger partial charge in [-0.15, -0.1) is 0 Å². The number of imidazole rings is 1. The smallest absolute Gasteiger partial charge is 0.329 e. The van der Waals surface area contributed by atoms with Crippen LogP contribution in [0.2, 0.25) is 0 Å². The van der Waals surface area contributed by atoms with Crippen molar-refractivity contribution in [3.63, 3.8) is 0 Å². The molecule has 1 aliphatic heterocycles. The highest BCUT2D eigenvalue weighted by atomic mass is 16.5. The second kappa shape index (κ2) is 12.0. The Morgan fingerprint density at radius 1 is 0.825 bits per heavy atom. The number of rotatable bonds is 7. The number of nitrogens with zero attached hydrogens (tertiary/aromatic N) is 3. The van der Waals surface area contributed by atoms with Crippen molar-refractivity contribution in [3.05, 3.63) is 107 Å². The minimum absolute atomic E-state index is 0.0799. The summed E-state index contributed by atoms with van der Waals surface area (Å²) < 4.78 is 9.73. The molecule has 1 saturated carbocycles. The fourth-order valence-electron chi connectivity index (χ4n) is 6.01. The van der Waals surface area contributed by atoms with Crippen LogP contribution in [-0.2, 0) is 6.54 Å². The van der Waals surface area contributed by atoms with Crippen molar-refractivity contribution in [2.24, 2.45) is 0 Å². The minimum Gasteiger partial charge on any atom is -0.457 e. The summed E-state index contributed by atoms with van der Waals surface area (Å²) >= 11 is 0. The molecule has 3 aromatic carbocycles. The van der Waals surface area contributed by atoms with Crippen LogP contribution in [0.5, 0.6) is 11.5 Å². The van der Waals surface area contributed by atoms with Crippen LogP contribution >= 0.6 is 0 Å². The highest BCUT2D eigenvalue weighted by molar-refractivity contribution is 5.99. The zero-order valence-corrected chi connectivity index (χ0v) is 22.8. The first-order valence-electron chi connectivity index (χ1n) is 14.4. The lowest BCUT2D eigenvalue weighted by atomic mass is 9.94. The second-order valence-electron chi connectivity index (χ2n) is 10.7. The molecule has 0 spiro atoms. The Balaban J connectivity index is 1.47. The van der Waals surface area contributed by atoms with Crippen LogP contribution in [0.25, 0.3) is 11.3 Å². The van der Waals surface area contributed by atoms with Gasteiger partial charge in [-0.2, -0.15) is 0 Å². The lowest BCUT2D eigenvalue weighted by Gasteiger charge is -2.28. The fraction of sp³-hybridized carbons (Fsp3) is 0.333. The molecule has 2 fully saturated rings. The third-order valence-electron chi connectivity index (χ3n) is 7.98. The van der Waals surface area contributed by atoms with E-state index in [9.17, 15) is 9.59 Å². The van der Waals surface area contributed by atoms with Crippen molar-refractivity contribution in [2.75, 3.05) is 26.2 Å². The summed E-state index contributed by atoms with van der Waals surface area (Å²) in [6, 6.07) is 27.5. The van der Waals surface area contributed by atoms with E-state index in [0.29, 0.717) is 24.5 Å². The number of ether oxygens (including phenoxy) is 1. The van der Waals surface area contributed by atoms with Crippen LogP contribution in [-0.4, -0.2) is 46.1 Å². The van der Waals surface area contributed by atoms with E-state index in [2.05, 4.69) is 5.32 Å². The normalized spacial score (nSPS) is 16.1. The Bertz CT molecular complexity index is 1500. The second-order valence-corrected chi connectivity index (χ2v) is 10.7. The first-order chi connectivity index (χ1) is 19.7. The first-order valence-corrected chi connectivity index (χ1v) is 14.4. The molecule has 0 atom stereocenters. The van der Waals surface area contributed by atoms with Gasteiger partial charge in [-0.05, 0) is 42.7 Å². The van der Waals surface area contributed by atoms with Crippen LogP contribution in [0.1, 0.15) is 54.2 Å². The molecule has 6 rings (SSSR count).